The molecule has 1 aliphatic heterocycles. The predicted octanol–water partition coefficient (Wildman–Crippen LogP) is 4.88. The molecule has 12 heteroatoms. The van der Waals surface area contributed by atoms with Crippen molar-refractivity contribution in [3.63, 3.8) is 0 Å². The van der Waals surface area contributed by atoms with Crippen LogP contribution in [0.3, 0.4) is 0 Å². The highest BCUT2D eigenvalue weighted by molar-refractivity contribution is 7.90. The molecule has 0 saturated carbocycles. The number of pyridine rings is 1. The SMILES string of the molecule is CC(C)(C)OC(=O)N1CCC(n2c(-c3ccc(O)cc3O)nc3cnc4c(ccn4S(=O)(=O)c4ccccc4)c32)C1. The second kappa shape index (κ2) is 9.51. The quantitative estimate of drug-likeness (QED) is 0.309. The van der Waals surface area contributed by atoms with Crippen molar-refractivity contribution in [3.05, 3.63) is 67.0 Å². The molecular formula is C29H29N5O6S. The van der Waals surface area contributed by atoms with Crippen LogP contribution in [0.15, 0.2) is 71.9 Å². The number of phenolic OH excluding ortho intramolecular Hbond substituents is 2. The number of nitrogens with zero attached hydrogens (tertiary/aromatic N) is 5. The molecule has 11 nitrogen and oxygen atoms in total. The first-order valence-corrected chi connectivity index (χ1v) is 14.6. The Bertz CT molecular complexity index is 1910. The molecule has 1 atom stereocenters. The van der Waals surface area contributed by atoms with Crippen molar-refractivity contribution >= 4 is 38.2 Å². The van der Waals surface area contributed by atoms with Gasteiger partial charge in [-0.3, -0.25) is 0 Å². The molecule has 5 aromatic rings. The molecule has 41 heavy (non-hydrogen) atoms. The molecule has 1 fully saturated rings. The molecule has 1 amide bonds. The minimum Gasteiger partial charge on any atom is -0.508 e. The summed E-state index contributed by atoms with van der Waals surface area (Å²) >= 11 is 0. The van der Waals surface area contributed by atoms with Crippen LogP contribution < -0.4 is 0 Å². The third-order valence-electron chi connectivity index (χ3n) is 7.03. The molecule has 1 unspecified atom stereocenters. The van der Waals surface area contributed by atoms with Gasteiger partial charge in [0.05, 0.1) is 28.2 Å². The maximum atomic E-state index is 13.5. The number of hydrogen-bond donors (Lipinski definition) is 2. The maximum absolute atomic E-state index is 13.5. The molecule has 1 aliphatic rings. The lowest BCUT2D eigenvalue weighted by atomic mass is 10.1. The molecule has 2 N–H and O–H groups in total. The fraction of sp³-hybridized carbons (Fsp3) is 0.276. The average Bonchev–Trinajstić information content (AvgIpc) is 3.64. The average molecular weight is 576 g/mol. The lowest BCUT2D eigenvalue weighted by Crippen LogP contribution is -2.35. The number of aromatic nitrogens is 4. The highest BCUT2D eigenvalue weighted by Gasteiger charge is 2.34. The summed E-state index contributed by atoms with van der Waals surface area (Å²) in [5.74, 6) is 0.136. The summed E-state index contributed by atoms with van der Waals surface area (Å²) < 4.78 is 35.7. The Balaban J connectivity index is 1.54. The molecule has 6 rings (SSSR count). The van der Waals surface area contributed by atoms with Gasteiger partial charge >= 0.3 is 6.09 Å². The summed E-state index contributed by atoms with van der Waals surface area (Å²) in [6, 6.07) is 13.8. The van der Waals surface area contributed by atoms with Gasteiger partial charge in [-0.2, -0.15) is 0 Å². The van der Waals surface area contributed by atoms with Crippen LogP contribution in [-0.4, -0.2) is 66.8 Å². The lowest BCUT2D eigenvalue weighted by Gasteiger charge is -2.25. The molecule has 212 valence electrons. The summed E-state index contributed by atoms with van der Waals surface area (Å²) in [7, 11) is -3.93. The lowest BCUT2D eigenvalue weighted by molar-refractivity contribution is 0.0289. The molecule has 0 aliphatic carbocycles. The minimum absolute atomic E-state index is 0.0990. The van der Waals surface area contributed by atoms with Crippen molar-refractivity contribution in [2.75, 3.05) is 13.1 Å². The van der Waals surface area contributed by atoms with E-state index in [0.29, 0.717) is 47.3 Å². The summed E-state index contributed by atoms with van der Waals surface area (Å²) in [5, 5.41) is 21.2. The highest BCUT2D eigenvalue weighted by atomic mass is 32.2. The van der Waals surface area contributed by atoms with Crippen molar-refractivity contribution in [1.29, 1.82) is 0 Å². The summed E-state index contributed by atoms with van der Waals surface area (Å²) in [6.45, 7) is 6.19. The number of rotatable bonds is 4. The number of benzene rings is 2. The number of amides is 1. The summed E-state index contributed by atoms with van der Waals surface area (Å²) in [6.07, 6.45) is 3.12. The molecule has 1 saturated heterocycles. The van der Waals surface area contributed by atoms with Gasteiger partial charge in [-0.15, -0.1) is 0 Å². The van der Waals surface area contributed by atoms with Crippen LogP contribution in [0.1, 0.15) is 33.2 Å². The van der Waals surface area contributed by atoms with E-state index in [-0.39, 0.29) is 28.1 Å². The van der Waals surface area contributed by atoms with Crippen molar-refractivity contribution in [2.45, 2.75) is 43.7 Å². The Hall–Kier alpha value is -4.58. The minimum atomic E-state index is -3.93. The number of imidazole rings is 1. The third-order valence-corrected chi connectivity index (χ3v) is 8.71. The van der Waals surface area contributed by atoms with Gasteiger partial charge in [0, 0.05) is 30.7 Å². The Labute approximate surface area is 236 Å². The summed E-state index contributed by atoms with van der Waals surface area (Å²) in [5.41, 5.74) is 1.07. The number of aromatic hydroxyl groups is 2. The van der Waals surface area contributed by atoms with E-state index < -0.39 is 21.7 Å². The van der Waals surface area contributed by atoms with Crippen LogP contribution in [0.4, 0.5) is 4.79 Å². The fourth-order valence-corrected chi connectivity index (χ4v) is 6.57. The van der Waals surface area contributed by atoms with Gasteiger partial charge in [-0.05, 0) is 57.5 Å². The van der Waals surface area contributed by atoms with Crippen LogP contribution in [-0.2, 0) is 14.8 Å². The zero-order chi connectivity index (χ0) is 29.1. The Morgan fingerprint density at radius 1 is 1.07 bits per heavy atom. The zero-order valence-electron chi connectivity index (χ0n) is 22.7. The first-order chi connectivity index (χ1) is 19.4. The normalized spacial score (nSPS) is 16.1. The fourth-order valence-electron chi connectivity index (χ4n) is 5.25. The molecule has 0 bridgehead atoms. The Morgan fingerprint density at radius 3 is 2.54 bits per heavy atom. The van der Waals surface area contributed by atoms with Crippen molar-refractivity contribution in [3.8, 4) is 22.9 Å². The third kappa shape index (κ3) is 4.63. The predicted molar refractivity (Wildman–Crippen MR) is 152 cm³/mol. The van der Waals surface area contributed by atoms with Gasteiger partial charge in [-0.25, -0.2) is 27.2 Å². The molecule has 4 heterocycles. The van der Waals surface area contributed by atoms with E-state index in [1.807, 2.05) is 25.3 Å². The van der Waals surface area contributed by atoms with Gasteiger partial charge in [0.25, 0.3) is 10.0 Å². The van der Waals surface area contributed by atoms with Gasteiger partial charge in [0.1, 0.15) is 28.4 Å². The molecule has 2 aromatic carbocycles. The van der Waals surface area contributed by atoms with E-state index in [1.165, 1.54) is 36.7 Å². The van der Waals surface area contributed by atoms with Gasteiger partial charge in [0.2, 0.25) is 0 Å². The number of likely N-dealkylation sites (tertiary alicyclic amines) is 1. The zero-order valence-corrected chi connectivity index (χ0v) is 23.5. The number of phenols is 2. The van der Waals surface area contributed by atoms with Crippen LogP contribution in [0.2, 0.25) is 0 Å². The largest absolute Gasteiger partial charge is 0.508 e. The highest BCUT2D eigenvalue weighted by Crippen LogP contribution is 2.40. The van der Waals surface area contributed by atoms with E-state index in [1.54, 1.807) is 35.2 Å². The number of hydrogen-bond acceptors (Lipinski definition) is 8. The molecular weight excluding hydrogens is 546 g/mol. The Morgan fingerprint density at radius 2 is 1.83 bits per heavy atom. The number of ether oxygens (including phenoxy) is 1. The van der Waals surface area contributed by atoms with Crippen molar-refractivity contribution in [1.82, 2.24) is 23.4 Å². The van der Waals surface area contributed by atoms with Gasteiger partial charge in [0.15, 0.2) is 5.65 Å². The number of carbonyl (C=O) groups is 1. The van der Waals surface area contributed by atoms with Crippen LogP contribution in [0, 0.1) is 0 Å². The van der Waals surface area contributed by atoms with E-state index in [4.69, 9.17) is 9.72 Å². The number of fused-ring (bicyclic) bond motifs is 3. The van der Waals surface area contributed by atoms with E-state index in [2.05, 4.69) is 4.98 Å². The molecule has 3 aromatic heterocycles. The van der Waals surface area contributed by atoms with Crippen molar-refractivity contribution in [2.24, 2.45) is 0 Å². The van der Waals surface area contributed by atoms with E-state index in [0.717, 1.165) is 3.97 Å². The van der Waals surface area contributed by atoms with Gasteiger partial charge in [-0.1, -0.05) is 18.2 Å². The standard InChI is InChI=1S/C29H29N5O6S/c1-29(2,3)40-28(37)32-13-11-18(17-32)34-25-22-12-14-33(41(38,39)20-7-5-4-6-8-20)26(22)30-16-23(25)31-27(34)21-10-9-19(35)15-24(21)36/h4-10,12,14-16,18,35-36H,11,13,17H2,1-3H3. The van der Waals surface area contributed by atoms with E-state index in [9.17, 15) is 23.4 Å². The molecule has 0 radical (unpaired) electrons. The second-order valence-corrected chi connectivity index (χ2v) is 12.8. The monoisotopic (exact) mass is 575 g/mol. The van der Waals surface area contributed by atoms with Gasteiger partial charge < -0.3 is 24.4 Å². The maximum Gasteiger partial charge on any atom is 0.410 e. The second-order valence-electron chi connectivity index (χ2n) is 11.0. The number of carbonyl (C=O) groups excluding carboxylic acids is 1. The van der Waals surface area contributed by atoms with Crippen LogP contribution in [0.25, 0.3) is 33.5 Å². The first-order valence-electron chi connectivity index (χ1n) is 13.1. The smallest absolute Gasteiger partial charge is 0.410 e. The first kappa shape index (κ1) is 26.6. The molecule has 0 spiro atoms. The summed E-state index contributed by atoms with van der Waals surface area (Å²) in [4.78, 5) is 23.9. The Kier molecular flexibility index (Phi) is 6.18. The van der Waals surface area contributed by atoms with Crippen LogP contribution in [0.5, 0.6) is 11.5 Å². The van der Waals surface area contributed by atoms with Crippen molar-refractivity contribution < 1.29 is 28.2 Å². The van der Waals surface area contributed by atoms with Crippen LogP contribution >= 0.6 is 0 Å². The van der Waals surface area contributed by atoms with E-state index >= 15 is 0 Å². The topological polar surface area (TPSA) is 140 Å².